The van der Waals surface area contributed by atoms with Gasteiger partial charge in [0.25, 0.3) is 5.91 Å². The Balaban J connectivity index is 0.00000240. The Labute approximate surface area is 176 Å². The normalized spacial score (nSPS) is 16.5. The van der Waals surface area contributed by atoms with Crippen LogP contribution < -0.4 is 0 Å². The minimum Gasteiger partial charge on any atom is -0.481 e. The van der Waals surface area contributed by atoms with Gasteiger partial charge in [-0.05, 0) is 34.4 Å². The highest BCUT2D eigenvalue weighted by molar-refractivity contribution is 7.10. The molecule has 29 heavy (non-hydrogen) atoms. The smallest absolute Gasteiger partial charge is 0.308 e. The molecule has 8 nitrogen and oxygen atoms in total. The zero-order valence-electron chi connectivity index (χ0n) is 15.2. The molecule has 0 bridgehead atoms. The van der Waals surface area contributed by atoms with Crippen LogP contribution in [0.1, 0.15) is 11.3 Å². The first-order valence-electron chi connectivity index (χ1n) is 8.75. The number of halogens is 1. The van der Waals surface area contributed by atoms with Crippen molar-refractivity contribution in [3.63, 3.8) is 0 Å². The van der Waals surface area contributed by atoms with Gasteiger partial charge in [0.05, 0.1) is 5.92 Å². The molecule has 150 valence electrons. The van der Waals surface area contributed by atoms with E-state index in [0.717, 1.165) is 10.4 Å². The van der Waals surface area contributed by atoms with E-state index in [9.17, 15) is 14.7 Å². The molecule has 1 N–H and O–H groups in total. The van der Waals surface area contributed by atoms with Gasteiger partial charge in [-0.25, -0.2) is 0 Å². The second-order valence-electron chi connectivity index (χ2n) is 6.40. The Hall–Kier alpha value is -3.04. The number of tetrazole rings is 1. The fraction of sp³-hybridized carbons (Fsp3) is 0.211. The maximum absolute atomic E-state index is 13.3. The number of carboxylic acid groups (broad SMARTS) is 1. The van der Waals surface area contributed by atoms with Crippen LogP contribution in [-0.4, -0.2) is 55.2 Å². The average molecular weight is 432 g/mol. The summed E-state index contributed by atoms with van der Waals surface area (Å²) in [6, 6.07) is 13.2. The Morgan fingerprint density at radius 2 is 1.97 bits per heavy atom. The number of carbonyl (C=O) groups excluding carboxylic acids is 1. The Bertz CT molecular complexity index is 1020. The van der Waals surface area contributed by atoms with Gasteiger partial charge >= 0.3 is 5.97 Å². The number of hydrogen-bond donors (Lipinski definition) is 1. The van der Waals surface area contributed by atoms with Crippen molar-refractivity contribution in [3.8, 4) is 11.4 Å². The highest BCUT2D eigenvalue weighted by atomic mass is 35.5. The van der Waals surface area contributed by atoms with Crippen molar-refractivity contribution in [2.45, 2.75) is 6.42 Å². The number of hydrogen-bond acceptors (Lipinski definition) is 6. The SMILES string of the molecule is Cl.O=C(O)C1CCN(C(=O)/C(=C\c2cccs2)n2nnnc2-c2ccccc2)C1. The molecule has 1 unspecified atom stereocenters. The molecular formula is C19H18ClN5O3S. The van der Waals surface area contributed by atoms with E-state index in [0.29, 0.717) is 18.8 Å². The lowest BCUT2D eigenvalue weighted by Crippen LogP contribution is -2.32. The minimum absolute atomic E-state index is 0. The van der Waals surface area contributed by atoms with E-state index in [1.807, 2.05) is 47.8 Å². The maximum Gasteiger partial charge on any atom is 0.308 e. The van der Waals surface area contributed by atoms with Crippen LogP contribution >= 0.6 is 23.7 Å². The average Bonchev–Trinajstić information content (AvgIpc) is 3.47. The van der Waals surface area contributed by atoms with Crippen LogP contribution in [-0.2, 0) is 9.59 Å². The van der Waals surface area contributed by atoms with Gasteiger partial charge in [-0.2, -0.15) is 4.68 Å². The van der Waals surface area contributed by atoms with Gasteiger partial charge in [0.1, 0.15) is 5.70 Å². The van der Waals surface area contributed by atoms with Crippen molar-refractivity contribution in [3.05, 3.63) is 52.7 Å². The minimum atomic E-state index is -0.883. The van der Waals surface area contributed by atoms with Crippen LogP contribution in [0.15, 0.2) is 47.8 Å². The topological polar surface area (TPSA) is 101 Å². The maximum atomic E-state index is 13.3. The molecule has 1 aliphatic rings. The number of nitrogens with zero attached hydrogens (tertiary/aromatic N) is 5. The van der Waals surface area contributed by atoms with Gasteiger partial charge in [-0.15, -0.1) is 28.8 Å². The molecule has 3 aromatic rings. The second kappa shape index (κ2) is 8.97. The summed E-state index contributed by atoms with van der Waals surface area (Å²) in [5.74, 6) is -1.27. The summed E-state index contributed by atoms with van der Waals surface area (Å²) in [4.78, 5) is 27.0. The van der Waals surface area contributed by atoms with Gasteiger partial charge < -0.3 is 10.0 Å². The third-order valence-corrected chi connectivity index (χ3v) is 5.41. The quantitative estimate of drug-likeness (QED) is 0.623. The summed E-state index contributed by atoms with van der Waals surface area (Å²) >= 11 is 1.49. The van der Waals surface area contributed by atoms with Crippen molar-refractivity contribution < 1.29 is 14.7 Å². The van der Waals surface area contributed by atoms with Crippen molar-refractivity contribution in [2.75, 3.05) is 13.1 Å². The number of thiophene rings is 1. The molecule has 0 radical (unpaired) electrons. The predicted octanol–water partition coefficient (Wildman–Crippen LogP) is 2.75. The lowest BCUT2D eigenvalue weighted by molar-refractivity contribution is -0.141. The van der Waals surface area contributed by atoms with Gasteiger partial charge in [-0.1, -0.05) is 36.4 Å². The number of rotatable bonds is 5. The Kier molecular flexibility index (Phi) is 6.40. The molecule has 0 aliphatic carbocycles. The van der Waals surface area contributed by atoms with E-state index in [2.05, 4.69) is 15.5 Å². The van der Waals surface area contributed by atoms with Crippen LogP contribution in [0.4, 0.5) is 0 Å². The third kappa shape index (κ3) is 4.36. The fourth-order valence-corrected chi connectivity index (χ4v) is 3.80. The summed E-state index contributed by atoms with van der Waals surface area (Å²) < 4.78 is 1.42. The van der Waals surface area contributed by atoms with Gasteiger partial charge in [0.2, 0.25) is 0 Å². The molecule has 1 aromatic carbocycles. The van der Waals surface area contributed by atoms with Gasteiger partial charge in [0, 0.05) is 23.5 Å². The largest absolute Gasteiger partial charge is 0.481 e. The summed E-state index contributed by atoms with van der Waals surface area (Å²) in [6.07, 6.45) is 2.18. The summed E-state index contributed by atoms with van der Waals surface area (Å²) in [6.45, 7) is 0.569. The van der Waals surface area contributed by atoms with Gasteiger partial charge in [0.15, 0.2) is 5.82 Å². The number of amides is 1. The monoisotopic (exact) mass is 431 g/mol. The zero-order chi connectivity index (χ0) is 19.5. The van der Waals surface area contributed by atoms with Crippen LogP contribution in [0.5, 0.6) is 0 Å². The number of aromatic nitrogens is 4. The molecular weight excluding hydrogens is 414 g/mol. The molecule has 1 saturated heterocycles. The fourth-order valence-electron chi connectivity index (χ4n) is 3.15. The number of aliphatic carboxylic acids is 1. The summed E-state index contributed by atoms with van der Waals surface area (Å²) in [5, 5.41) is 23.1. The van der Waals surface area contributed by atoms with Crippen LogP contribution in [0.3, 0.4) is 0 Å². The third-order valence-electron chi connectivity index (χ3n) is 4.60. The number of carboxylic acids is 1. The van der Waals surface area contributed by atoms with Crippen LogP contribution in [0.25, 0.3) is 23.2 Å². The zero-order valence-corrected chi connectivity index (χ0v) is 16.8. The summed E-state index contributed by atoms with van der Waals surface area (Å²) in [5.41, 5.74) is 1.07. The Morgan fingerprint density at radius 3 is 2.62 bits per heavy atom. The predicted molar refractivity (Wildman–Crippen MR) is 111 cm³/mol. The molecule has 1 amide bonds. The first kappa shape index (κ1) is 20.7. The molecule has 4 rings (SSSR count). The van der Waals surface area contributed by atoms with Crippen molar-refractivity contribution in [2.24, 2.45) is 5.92 Å². The molecule has 0 saturated carbocycles. The number of likely N-dealkylation sites (tertiary alicyclic amines) is 1. The highest BCUT2D eigenvalue weighted by Crippen LogP contribution is 2.25. The molecule has 1 fully saturated rings. The van der Waals surface area contributed by atoms with E-state index in [1.54, 1.807) is 11.0 Å². The molecule has 1 atom stereocenters. The molecule has 1 aliphatic heterocycles. The first-order valence-corrected chi connectivity index (χ1v) is 9.63. The summed E-state index contributed by atoms with van der Waals surface area (Å²) in [7, 11) is 0. The van der Waals surface area contributed by atoms with E-state index in [1.165, 1.54) is 16.0 Å². The molecule has 2 aromatic heterocycles. The van der Waals surface area contributed by atoms with Crippen LogP contribution in [0, 0.1) is 5.92 Å². The van der Waals surface area contributed by atoms with Crippen molar-refractivity contribution in [1.82, 2.24) is 25.1 Å². The van der Waals surface area contributed by atoms with Crippen molar-refractivity contribution >= 4 is 47.4 Å². The molecule has 10 heteroatoms. The molecule has 3 heterocycles. The van der Waals surface area contributed by atoms with E-state index >= 15 is 0 Å². The number of benzene rings is 1. The molecule has 0 spiro atoms. The lowest BCUT2D eigenvalue weighted by Gasteiger charge is -2.18. The lowest BCUT2D eigenvalue weighted by atomic mass is 10.1. The van der Waals surface area contributed by atoms with Gasteiger partial charge in [-0.3, -0.25) is 9.59 Å². The Morgan fingerprint density at radius 1 is 1.17 bits per heavy atom. The van der Waals surface area contributed by atoms with E-state index in [-0.39, 0.29) is 30.6 Å². The standard InChI is InChI=1S/C19H17N5O3S.ClH/c25-18(23-9-8-14(12-23)19(26)27)16(11-15-7-4-10-28-15)24-17(20-21-22-24)13-5-2-1-3-6-13;/h1-7,10-11,14H,8-9,12H2,(H,26,27);1H/b16-11+;. The van der Waals surface area contributed by atoms with E-state index in [4.69, 9.17) is 0 Å². The highest BCUT2D eigenvalue weighted by Gasteiger charge is 2.33. The van der Waals surface area contributed by atoms with Crippen LogP contribution in [0.2, 0.25) is 0 Å². The number of carbonyl (C=O) groups is 2. The van der Waals surface area contributed by atoms with Crippen molar-refractivity contribution in [1.29, 1.82) is 0 Å². The first-order chi connectivity index (χ1) is 13.6. The van der Waals surface area contributed by atoms with E-state index < -0.39 is 11.9 Å². The second-order valence-corrected chi connectivity index (χ2v) is 7.38.